The Bertz CT molecular complexity index is 1460. The Balaban J connectivity index is 0.00000405. The molecule has 0 spiro atoms. The van der Waals surface area contributed by atoms with E-state index in [1.807, 2.05) is 0 Å². The van der Waals surface area contributed by atoms with Crippen LogP contribution in [0.5, 0.6) is 0 Å². The molecule has 222 valence electrons. The van der Waals surface area contributed by atoms with Crippen molar-refractivity contribution in [1.29, 1.82) is 0 Å². The van der Waals surface area contributed by atoms with E-state index in [1.54, 1.807) is 5.30 Å². The second kappa shape index (κ2) is 13.7. The topological polar surface area (TPSA) is 20.2 Å². The molecule has 0 saturated heterocycles. The molecular formula is C36H47AuB2OP2+2. The van der Waals surface area contributed by atoms with Crippen LogP contribution in [0.3, 0.4) is 0 Å². The number of hydrogen-bond acceptors (Lipinski definition) is 1. The summed E-state index contributed by atoms with van der Waals surface area (Å²) in [6.07, 6.45) is -2.14. The summed E-state index contributed by atoms with van der Waals surface area (Å²) in [7, 11) is -1.73. The average Bonchev–Trinajstić information content (AvgIpc) is 2.93. The fraction of sp³-hybridized carbons (Fsp3) is 0.333. The van der Waals surface area contributed by atoms with E-state index >= 15 is 0 Å². The fourth-order valence-corrected chi connectivity index (χ4v) is 14.9. The van der Waals surface area contributed by atoms with Crippen LogP contribution in [-0.4, -0.2) is 40.7 Å². The van der Waals surface area contributed by atoms with E-state index in [-0.39, 0.29) is 29.1 Å². The summed E-state index contributed by atoms with van der Waals surface area (Å²) >= 11 is 0. The molecule has 0 fully saturated rings. The molecular weight excluding hydrogens is 729 g/mol. The summed E-state index contributed by atoms with van der Waals surface area (Å²) in [4.78, 5) is 0. The minimum Gasteiger partial charge on any atom is -0.594 e. The van der Waals surface area contributed by atoms with Crippen LogP contribution in [0.2, 0.25) is 0 Å². The van der Waals surface area contributed by atoms with Crippen LogP contribution in [0.4, 0.5) is 0 Å². The Morgan fingerprint density at radius 3 is 1.26 bits per heavy atom. The molecule has 0 bridgehead atoms. The molecule has 1 nitrogen and oxygen atoms in total. The first kappa shape index (κ1) is 33.5. The van der Waals surface area contributed by atoms with Crippen molar-refractivity contribution < 1.29 is 27.4 Å². The van der Waals surface area contributed by atoms with Gasteiger partial charge < -0.3 is 5.02 Å². The second-order valence-electron chi connectivity index (χ2n) is 13.2. The maximum absolute atomic E-state index is 13.3. The molecule has 0 atom stereocenters. The maximum atomic E-state index is 13.3. The van der Waals surface area contributed by atoms with E-state index in [2.05, 4.69) is 152 Å². The molecule has 0 amide bonds. The first-order valence-corrected chi connectivity index (χ1v) is 18.9. The molecule has 0 saturated carbocycles. The summed E-state index contributed by atoms with van der Waals surface area (Å²) in [5.41, 5.74) is 9.66. The Hall–Kier alpha value is -1.43. The van der Waals surface area contributed by atoms with Gasteiger partial charge in [0.15, 0.2) is 6.35 Å². The molecule has 1 heterocycles. The molecule has 1 aliphatic heterocycles. The van der Waals surface area contributed by atoms with Gasteiger partial charge in [0, 0.05) is 15.8 Å². The van der Waals surface area contributed by atoms with Gasteiger partial charge in [-0.1, -0.05) is 84.9 Å². The zero-order valence-corrected chi connectivity index (χ0v) is 30.6. The number of benzene rings is 4. The van der Waals surface area contributed by atoms with E-state index in [0.29, 0.717) is 22.6 Å². The Labute approximate surface area is 273 Å². The van der Waals surface area contributed by atoms with Crippen LogP contribution in [0.25, 0.3) is 0 Å². The molecule has 0 aromatic heterocycles. The van der Waals surface area contributed by atoms with Gasteiger partial charge in [-0.3, -0.25) is 0 Å². The monoisotopic (exact) mass is 776 g/mol. The van der Waals surface area contributed by atoms with Gasteiger partial charge in [-0.2, -0.15) is 10.9 Å². The van der Waals surface area contributed by atoms with Crippen molar-refractivity contribution >= 4 is 72.3 Å². The van der Waals surface area contributed by atoms with E-state index in [0.717, 1.165) is 16.4 Å². The molecule has 4 aromatic carbocycles. The van der Waals surface area contributed by atoms with E-state index in [1.165, 1.54) is 21.7 Å². The Kier molecular flexibility index (Phi) is 10.9. The normalized spacial score (nSPS) is 14.1. The van der Waals surface area contributed by atoms with Gasteiger partial charge in [0.25, 0.3) is 0 Å². The minimum atomic E-state index is -2.14. The molecule has 6 heteroatoms. The van der Waals surface area contributed by atoms with Crippen LogP contribution in [0.1, 0.15) is 55.4 Å². The second-order valence-corrected chi connectivity index (χ2v) is 20.7. The molecule has 1 N–H and O–H groups in total. The standard InChI is InChI=1S/C36H45B2OP2.Au/c1-25(2)40(26(3)4)35-23-15-11-19-31(35)37-29-17-9-12-20-32(29)38(39,33-21-13-10-18-30(33)37)34-22-14-16-24-36(34)41(27(5)6)28(7)8;/h9-28,39H,1-8H3;/q-1;+1/p+2. The van der Waals surface area contributed by atoms with Crippen molar-refractivity contribution in [2.24, 2.45) is 0 Å². The van der Waals surface area contributed by atoms with Crippen molar-refractivity contribution in [2.45, 2.75) is 78.0 Å². The van der Waals surface area contributed by atoms with E-state index in [4.69, 9.17) is 0 Å². The van der Waals surface area contributed by atoms with Crippen molar-refractivity contribution in [2.75, 3.05) is 0 Å². The van der Waals surface area contributed by atoms with Gasteiger partial charge in [0.05, 0.1) is 33.2 Å². The molecule has 0 radical (unpaired) electrons. The Morgan fingerprint density at radius 2 is 0.810 bits per heavy atom. The van der Waals surface area contributed by atoms with Crippen LogP contribution < -0.4 is 43.4 Å². The molecule has 1 aliphatic rings. The number of rotatable bonds is 8. The van der Waals surface area contributed by atoms with Gasteiger partial charge in [0.1, 0.15) is 0 Å². The molecule has 0 unspecified atom stereocenters. The summed E-state index contributed by atoms with van der Waals surface area (Å²) in [6, 6.07) is 35.6. The third-order valence-corrected chi connectivity index (χ3v) is 16.4. The van der Waals surface area contributed by atoms with Gasteiger partial charge in [-0.15, -0.1) is 16.4 Å². The van der Waals surface area contributed by atoms with Crippen LogP contribution in [0, 0.1) is 0 Å². The zero-order chi connectivity index (χ0) is 29.5. The molecule has 42 heavy (non-hydrogen) atoms. The molecule has 5 rings (SSSR count). The third kappa shape index (κ3) is 5.84. The van der Waals surface area contributed by atoms with Gasteiger partial charge >= 0.3 is 22.4 Å². The third-order valence-electron chi connectivity index (χ3n) is 9.31. The summed E-state index contributed by atoms with van der Waals surface area (Å²) < 4.78 is 0. The van der Waals surface area contributed by atoms with Crippen LogP contribution in [-0.2, 0) is 22.4 Å². The van der Waals surface area contributed by atoms with Crippen LogP contribution in [0.15, 0.2) is 97.1 Å². The summed E-state index contributed by atoms with van der Waals surface area (Å²) in [5, 5.41) is 16.3. The molecule has 4 aromatic rings. The SMILES string of the molecule is CC(C)[PH+](c1ccccc1B1c2ccccc2[B-](O)(c2ccccc2[PH+](C(C)C)C(C)C)c2ccccc21)C(C)C.[Au+]. The predicted octanol–water partition coefficient (Wildman–Crippen LogP) is 3.79. The first-order valence-electron chi connectivity index (χ1n) is 15.6. The van der Waals surface area contributed by atoms with Crippen LogP contribution >= 0.6 is 15.8 Å². The quantitative estimate of drug-likeness (QED) is 0.214. The zero-order valence-electron chi connectivity index (χ0n) is 26.5. The average molecular weight is 776 g/mol. The fourth-order valence-electron chi connectivity index (χ4n) is 8.03. The minimum absolute atomic E-state index is 0. The van der Waals surface area contributed by atoms with Crippen molar-refractivity contribution in [1.82, 2.24) is 0 Å². The van der Waals surface area contributed by atoms with Crippen molar-refractivity contribution in [3.8, 4) is 0 Å². The Morgan fingerprint density at radius 1 is 0.476 bits per heavy atom. The largest absolute Gasteiger partial charge is 1.00 e. The summed E-state index contributed by atoms with van der Waals surface area (Å²) in [5.74, 6) is 0. The predicted molar refractivity (Wildman–Crippen MR) is 194 cm³/mol. The van der Waals surface area contributed by atoms with Gasteiger partial charge in [-0.25, -0.2) is 0 Å². The van der Waals surface area contributed by atoms with Crippen molar-refractivity contribution in [3.05, 3.63) is 97.1 Å². The maximum Gasteiger partial charge on any atom is 1.00 e. The van der Waals surface area contributed by atoms with Gasteiger partial charge in [-0.05, 0) is 73.0 Å². The summed E-state index contributed by atoms with van der Waals surface area (Å²) in [6.45, 7) is 19.1. The molecule has 0 aliphatic carbocycles. The van der Waals surface area contributed by atoms with E-state index in [9.17, 15) is 5.02 Å². The number of fused-ring (bicyclic) bond motifs is 2. The first-order chi connectivity index (χ1) is 19.6. The van der Waals surface area contributed by atoms with E-state index < -0.39 is 22.2 Å². The van der Waals surface area contributed by atoms with Crippen molar-refractivity contribution in [3.63, 3.8) is 0 Å². The van der Waals surface area contributed by atoms with Gasteiger partial charge in [0.2, 0.25) is 6.71 Å². The number of hydrogen-bond donors (Lipinski definition) is 1. The smallest absolute Gasteiger partial charge is 0.594 e.